The summed E-state index contributed by atoms with van der Waals surface area (Å²) in [4.78, 5) is 26.5. The lowest BCUT2D eigenvalue weighted by Crippen LogP contribution is -2.30. The minimum Gasteiger partial charge on any atom is -0.333 e. The van der Waals surface area contributed by atoms with E-state index < -0.39 is 0 Å². The smallest absolute Gasteiger partial charge is 0.256 e. The van der Waals surface area contributed by atoms with Gasteiger partial charge in [-0.2, -0.15) is 0 Å². The quantitative estimate of drug-likeness (QED) is 0.809. The highest BCUT2D eigenvalue weighted by Crippen LogP contribution is 2.22. The molecule has 1 amide bonds. The predicted octanol–water partition coefficient (Wildman–Crippen LogP) is 2.43. The van der Waals surface area contributed by atoms with Crippen LogP contribution >= 0.6 is 11.8 Å². The van der Waals surface area contributed by atoms with E-state index in [1.54, 1.807) is 36.5 Å². The molecule has 0 radical (unpaired) electrons. The molecule has 2 rings (SSSR count). The molecule has 0 aromatic carbocycles. The molecule has 5 nitrogen and oxygen atoms in total. The van der Waals surface area contributed by atoms with Gasteiger partial charge < -0.3 is 4.90 Å². The SMILES string of the molecule is CSc1ncccc1C(=O)N(C)C(C)c1ccncn1. The molecule has 2 aromatic heterocycles. The third-order valence-electron chi connectivity index (χ3n) is 3.13. The zero-order chi connectivity index (χ0) is 14.5. The maximum Gasteiger partial charge on any atom is 0.256 e. The van der Waals surface area contributed by atoms with Crippen molar-refractivity contribution in [3.05, 3.63) is 48.2 Å². The second-order valence-corrected chi connectivity index (χ2v) is 5.08. The van der Waals surface area contributed by atoms with E-state index in [-0.39, 0.29) is 11.9 Å². The first-order valence-electron chi connectivity index (χ1n) is 6.17. The molecular formula is C14H16N4OS. The zero-order valence-corrected chi connectivity index (χ0v) is 12.5. The van der Waals surface area contributed by atoms with Crippen LogP contribution in [0, 0.1) is 0 Å². The van der Waals surface area contributed by atoms with E-state index in [1.807, 2.05) is 19.2 Å². The second kappa shape index (κ2) is 6.47. The minimum absolute atomic E-state index is 0.0615. The van der Waals surface area contributed by atoms with Crippen LogP contribution in [0.3, 0.4) is 0 Å². The summed E-state index contributed by atoms with van der Waals surface area (Å²) >= 11 is 1.46. The molecule has 104 valence electrons. The van der Waals surface area contributed by atoms with E-state index in [9.17, 15) is 4.79 Å². The van der Waals surface area contributed by atoms with Gasteiger partial charge in [-0.1, -0.05) is 0 Å². The lowest BCUT2D eigenvalue weighted by Gasteiger charge is -2.24. The maximum atomic E-state index is 12.6. The average molecular weight is 288 g/mol. The van der Waals surface area contributed by atoms with Gasteiger partial charge in [-0.05, 0) is 31.4 Å². The molecule has 0 saturated heterocycles. The number of carbonyl (C=O) groups is 1. The van der Waals surface area contributed by atoms with E-state index in [4.69, 9.17) is 0 Å². The van der Waals surface area contributed by atoms with Crippen molar-refractivity contribution < 1.29 is 4.79 Å². The fourth-order valence-electron chi connectivity index (χ4n) is 1.83. The van der Waals surface area contributed by atoms with Crippen molar-refractivity contribution >= 4 is 17.7 Å². The number of rotatable bonds is 4. The van der Waals surface area contributed by atoms with Crippen LogP contribution in [0.1, 0.15) is 29.0 Å². The molecule has 0 aliphatic heterocycles. The molecular weight excluding hydrogens is 272 g/mol. The lowest BCUT2D eigenvalue weighted by molar-refractivity contribution is 0.0735. The second-order valence-electron chi connectivity index (χ2n) is 4.29. The monoisotopic (exact) mass is 288 g/mol. The number of hydrogen-bond donors (Lipinski definition) is 0. The summed E-state index contributed by atoms with van der Waals surface area (Å²) in [6.07, 6.45) is 6.76. The van der Waals surface area contributed by atoms with Gasteiger partial charge in [0.25, 0.3) is 5.91 Å². The van der Waals surface area contributed by atoms with Gasteiger partial charge in [0.1, 0.15) is 11.4 Å². The topological polar surface area (TPSA) is 59.0 Å². The number of hydrogen-bond acceptors (Lipinski definition) is 5. The van der Waals surface area contributed by atoms with Crippen LogP contribution < -0.4 is 0 Å². The summed E-state index contributed by atoms with van der Waals surface area (Å²) < 4.78 is 0. The number of amides is 1. The van der Waals surface area contributed by atoms with Gasteiger partial charge in [-0.25, -0.2) is 15.0 Å². The minimum atomic E-state index is -0.125. The van der Waals surface area contributed by atoms with Gasteiger partial charge in [-0.3, -0.25) is 4.79 Å². The Hall–Kier alpha value is -1.95. The fourth-order valence-corrected chi connectivity index (χ4v) is 2.37. The third-order valence-corrected chi connectivity index (χ3v) is 3.84. The fraction of sp³-hybridized carbons (Fsp3) is 0.286. The molecule has 1 unspecified atom stereocenters. The van der Waals surface area contributed by atoms with Crippen LogP contribution in [0.4, 0.5) is 0 Å². The summed E-state index contributed by atoms with van der Waals surface area (Å²) in [5.74, 6) is -0.0615. The van der Waals surface area contributed by atoms with Crippen molar-refractivity contribution in [3.63, 3.8) is 0 Å². The first-order chi connectivity index (χ1) is 9.65. The first kappa shape index (κ1) is 14.5. The van der Waals surface area contributed by atoms with Gasteiger partial charge >= 0.3 is 0 Å². The molecule has 2 heterocycles. The van der Waals surface area contributed by atoms with Crippen molar-refractivity contribution in [1.29, 1.82) is 0 Å². The highest BCUT2D eigenvalue weighted by Gasteiger charge is 2.22. The van der Waals surface area contributed by atoms with Gasteiger partial charge in [-0.15, -0.1) is 11.8 Å². The standard InChI is InChI=1S/C14H16N4OS/c1-10(12-6-8-15-9-17-12)18(2)14(19)11-5-4-7-16-13(11)20-3/h4-10H,1-3H3. The van der Waals surface area contributed by atoms with E-state index in [0.717, 1.165) is 10.7 Å². The molecule has 0 N–H and O–H groups in total. The molecule has 0 aliphatic carbocycles. The largest absolute Gasteiger partial charge is 0.333 e. The number of carbonyl (C=O) groups excluding carboxylic acids is 1. The van der Waals surface area contributed by atoms with Gasteiger partial charge in [0.05, 0.1) is 17.3 Å². The summed E-state index contributed by atoms with van der Waals surface area (Å²) in [6.45, 7) is 1.94. The third kappa shape index (κ3) is 2.96. The Morgan fingerprint density at radius 2 is 2.10 bits per heavy atom. The summed E-state index contributed by atoms with van der Waals surface area (Å²) in [5, 5.41) is 0.735. The van der Waals surface area contributed by atoms with E-state index >= 15 is 0 Å². The highest BCUT2D eigenvalue weighted by molar-refractivity contribution is 7.98. The Morgan fingerprint density at radius 1 is 1.30 bits per heavy atom. The first-order valence-corrected chi connectivity index (χ1v) is 7.39. The lowest BCUT2D eigenvalue weighted by atomic mass is 10.1. The van der Waals surface area contributed by atoms with Crippen molar-refractivity contribution in [2.75, 3.05) is 13.3 Å². The molecule has 0 fully saturated rings. The van der Waals surface area contributed by atoms with Crippen LogP contribution in [-0.2, 0) is 0 Å². The number of thioether (sulfide) groups is 1. The highest BCUT2D eigenvalue weighted by atomic mass is 32.2. The Bertz CT molecular complexity index is 591. The average Bonchev–Trinajstić information content (AvgIpc) is 2.53. The Morgan fingerprint density at radius 3 is 2.75 bits per heavy atom. The molecule has 2 aromatic rings. The number of pyridine rings is 1. The van der Waals surface area contributed by atoms with E-state index in [2.05, 4.69) is 15.0 Å². The van der Waals surface area contributed by atoms with Gasteiger partial charge in [0.15, 0.2) is 0 Å². The van der Waals surface area contributed by atoms with Crippen molar-refractivity contribution in [2.45, 2.75) is 18.0 Å². The van der Waals surface area contributed by atoms with Crippen molar-refractivity contribution in [2.24, 2.45) is 0 Å². The molecule has 20 heavy (non-hydrogen) atoms. The van der Waals surface area contributed by atoms with Gasteiger partial charge in [0.2, 0.25) is 0 Å². The molecule has 0 bridgehead atoms. The number of nitrogens with zero attached hydrogens (tertiary/aromatic N) is 4. The summed E-state index contributed by atoms with van der Waals surface area (Å²) in [7, 11) is 1.77. The van der Waals surface area contributed by atoms with Crippen LogP contribution in [0.2, 0.25) is 0 Å². The van der Waals surface area contributed by atoms with E-state index in [0.29, 0.717) is 5.56 Å². The molecule has 1 atom stereocenters. The van der Waals surface area contributed by atoms with Crippen LogP contribution in [0.15, 0.2) is 41.9 Å². The van der Waals surface area contributed by atoms with Gasteiger partial charge in [0, 0.05) is 19.4 Å². The van der Waals surface area contributed by atoms with Crippen molar-refractivity contribution in [3.8, 4) is 0 Å². The number of aromatic nitrogens is 3. The van der Waals surface area contributed by atoms with Crippen LogP contribution in [0.5, 0.6) is 0 Å². The predicted molar refractivity (Wildman–Crippen MR) is 78.6 cm³/mol. The Balaban J connectivity index is 2.24. The zero-order valence-electron chi connectivity index (χ0n) is 11.6. The maximum absolute atomic E-state index is 12.6. The van der Waals surface area contributed by atoms with Crippen molar-refractivity contribution in [1.82, 2.24) is 19.9 Å². The Labute approximate surface area is 122 Å². The molecule has 0 aliphatic rings. The van der Waals surface area contributed by atoms with Crippen LogP contribution in [0.25, 0.3) is 0 Å². The Kier molecular flexibility index (Phi) is 4.68. The summed E-state index contributed by atoms with van der Waals surface area (Å²) in [5.41, 5.74) is 1.42. The normalized spacial score (nSPS) is 11.9. The van der Waals surface area contributed by atoms with E-state index in [1.165, 1.54) is 18.1 Å². The molecule has 6 heteroatoms. The van der Waals surface area contributed by atoms with Crippen LogP contribution in [-0.4, -0.2) is 39.1 Å². The molecule has 0 saturated carbocycles. The summed E-state index contributed by atoms with van der Waals surface area (Å²) in [6, 6.07) is 5.26. The molecule has 0 spiro atoms.